The Hall–Kier alpha value is -3.26. The number of fused-ring (bicyclic) bond motifs is 3. The number of hydrogen-bond acceptors (Lipinski definition) is 5. The molecule has 0 radical (unpaired) electrons. The van der Waals surface area contributed by atoms with Crippen LogP contribution >= 0.6 is 11.8 Å². The number of allylic oxidation sites excluding steroid dienone is 1. The number of nitrogens with zero attached hydrogens (tertiary/aromatic N) is 1. The Morgan fingerprint density at radius 1 is 1.15 bits per heavy atom. The molecule has 1 heterocycles. The van der Waals surface area contributed by atoms with Crippen molar-refractivity contribution < 1.29 is 24.2 Å². The van der Waals surface area contributed by atoms with Crippen molar-refractivity contribution in [1.82, 2.24) is 10.2 Å². The molecule has 0 bridgehead atoms. The normalized spacial score (nSPS) is 17.7. The fourth-order valence-corrected chi connectivity index (χ4v) is 5.54. The third-order valence-corrected chi connectivity index (χ3v) is 7.06. The molecule has 1 unspecified atom stereocenters. The van der Waals surface area contributed by atoms with Crippen LogP contribution in [0.1, 0.15) is 29.9 Å². The van der Waals surface area contributed by atoms with Gasteiger partial charge in [0.1, 0.15) is 18.7 Å². The summed E-state index contributed by atoms with van der Waals surface area (Å²) in [5, 5.41) is 12.1. The number of ether oxygens (including phenoxy) is 1. The van der Waals surface area contributed by atoms with Crippen LogP contribution in [0.5, 0.6) is 0 Å². The van der Waals surface area contributed by atoms with Gasteiger partial charge in [-0.25, -0.2) is 9.59 Å². The van der Waals surface area contributed by atoms with Gasteiger partial charge in [-0.05, 0) is 35.1 Å². The number of carbonyl (C=O) groups excluding carboxylic acids is 2. The predicted molar refractivity (Wildman–Crippen MR) is 127 cm³/mol. The van der Waals surface area contributed by atoms with Gasteiger partial charge in [0.15, 0.2) is 0 Å². The van der Waals surface area contributed by atoms with Gasteiger partial charge in [0.25, 0.3) is 0 Å². The van der Waals surface area contributed by atoms with E-state index in [0.29, 0.717) is 18.6 Å². The second-order valence-corrected chi connectivity index (χ2v) is 9.05. The number of amides is 2. The van der Waals surface area contributed by atoms with Crippen molar-refractivity contribution >= 4 is 29.7 Å². The summed E-state index contributed by atoms with van der Waals surface area (Å²) in [6, 6.07) is 14.3. The van der Waals surface area contributed by atoms with E-state index in [1.807, 2.05) is 36.4 Å². The molecule has 2 amide bonds. The Morgan fingerprint density at radius 2 is 1.79 bits per heavy atom. The highest BCUT2D eigenvalue weighted by molar-refractivity contribution is 7.99. The molecule has 4 rings (SSSR count). The first-order chi connectivity index (χ1) is 16.0. The van der Waals surface area contributed by atoms with Gasteiger partial charge in [-0.1, -0.05) is 54.6 Å². The van der Waals surface area contributed by atoms with Gasteiger partial charge in [-0.3, -0.25) is 4.79 Å². The standard InChI is InChI=1S/C25H26N2O5S/c1-2-3-12-21(23(28)27-15-33-14-22(27)24(29)30)26-25(31)32-13-20-18-10-6-4-8-16(18)17-9-5-7-11-19(17)20/h2,4-11,20-22H,1,3,12-15H2,(H,26,31)(H,29,30)/t21?,22-/m0/s1. The number of alkyl carbamates (subject to hydrolysis) is 1. The lowest BCUT2D eigenvalue weighted by Gasteiger charge is -2.26. The summed E-state index contributed by atoms with van der Waals surface area (Å²) in [5.41, 5.74) is 4.47. The maximum Gasteiger partial charge on any atom is 0.407 e. The second kappa shape index (κ2) is 10.1. The van der Waals surface area contributed by atoms with Gasteiger partial charge in [-0.15, -0.1) is 18.3 Å². The summed E-state index contributed by atoms with van der Waals surface area (Å²) >= 11 is 1.38. The van der Waals surface area contributed by atoms with Crippen molar-refractivity contribution in [3.05, 3.63) is 72.3 Å². The number of thioether (sulfide) groups is 1. The van der Waals surface area contributed by atoms with E-state index in [1.54, 1.807) is 6.08 Å². The number of hydrogen-bond donors (Lipinski definition) is 2. The number of benzene rings is 2. The molecular formula is C25H26N2O5S. The molecule has 0 saturated carbocycles. The van der Waals surface area contributed by atoms with Crippen molar-refractivity contribution in [3.8, 4) is 11.1 Å². The minimum Gasteiger partial charge on any atom is -0.480 e. The van der Waals surface area contributed by atoms with E-state index in [4.69, 9.17) is 4.74 Å². The lowest BCUT2D eigenvalue weighted by Crippen LogP contribution is -2.52. The molecule has 1 aliphatic heterocycles. The number of carboxylic acid groups (broad SMARTS) is 1. The summed E-state index contributed by atoms with van der Waals surface area (Å²) in [6.45, 7) is 3.81. The number of aliphatic carboxylic acids is 1. The van der Waals surface area contributed by atoms with Crippen molar-refractivity contribution in [3.63, 3.8) is 0 Å². The Balaban J connectivity index is 1.44. The van der Waals surface area contributed by atoms with Crippen LogP contribution in [0.4, 0.5) is 4.79 Å². The second-order valence-electron chi connectivity index (χ2n) is 8.05. The molecule has 7 nitrogen and oxygen atoms in total. The molecule has 172 valence electrons. The molecule has 2 aromatic carbocycles. The van der Waals surface area contributed by atoms with Gasteiger partial charge >= 0.3 is 12.1 Å². The molecule has 8 heteroatoms. The lowest BCUT2D eigenvalue weighted by atomic mass is 9.98. The third-order valence-electron chi connectivity index (χ3n) is 6.04. The number of carboxylic acids is 1. The molecule has 0 spiro atoms. The average Bonchev–Trinajstić information content (AvgIpc) is 3.43. The van der Waals surface area contributed by atoms with E-state index in [9.17, 15) is 19.5 Å². The molecule has 1 aliphatic carbocycles. The zero-order valence-electron chi connectivity index (χ0n) is 18.1. The fourth-order valence-electron chi connectivity index (χ4n) is 4.39. The topological polar surface area (TPSA) is 95.9 Å². The van der Waals surface area contributed by atoms with Crippen LogP contribution in [0.15, 0.2) is 61.2 Å². The van der Waals surface area contributed by atoms with Gasteiger partial charge in [0, 0.05) is 11.7 Å². The van der Waals surface area contributed by atoms with Crippen LogP contribution in [-0.2, 0) is 14.3 Å². The van der Waals surface area contributed by atoms with Crippen LogP contribution in [0.25, 0.3) is 11.1 Å². The number of carbonyl (C=O) groups is 3. The van der Waals surface area contributed by atoms with E-state index in [0.717, 1.165) is 22.3 Å². The molecule has 2 atom stereocenters. The SMILES string of the molecule is C=CCCC(NC(=O)OCC1c2ccccc2-c2ccccc21)C(=O)N1CSC[C@H]1C(=O)O. The summed E-state index contributed by atoms with van der Waals surface area (Å²) in [5.74, 6) is -0.927. The van der Waals surface area contributed by atoms with Crippen LogP contribution in [-0.4, -0.2) is 58.3 Å². The Morgan fingerprint density at radius 3 is 2.39 bits per heavy atom. The first-order valence-corrected chi connectivity index (χ1v) is 12.0. The molecule has 2 aromatic rings. The predicted octanol–water partition coefficient (Wildman–Crippen LogP) is 3.85. The summed E-state index contributed by atoms with van der Waals surface area (Å²) < 4.78 is 5.57. The largest absolute Gasteiger partial charge is 0.480 e. The molecule has 2 aliphatic rings. The van der Waals surface area contributed by atoms with E-state index in [-0.39, 0.29) is 18.4 Å². The van der Waals surface area contributed by atoms with Gasteiger partial charge in [0.2, 0.25) is 5.91 Å². The molecule has 1 fully saturated rings. The van der Waals surface area contributed by atoms with E-state index in [1.165, 1.54) is 16.7 Å². The van der Waals surface area contributed by atoms with Gasteiger partial charge in [0.05, 0.1) is 5.88 Å². The molecular weight excluding hydrogens is 440 g/mol. The molecule has 1 saturated heterocycles. The van der Waals surface area contributed by atoms with Crippen LogP contribution in [0.2, 0.25) is 0 Å². The van der Waals surface area contributed by atoms with Crippen LogP contribution in [0.3, 0.4) is 0 Å². The smallest absolute Gasteiger partial charge is 0.407 e. The zero-order chi connectivity index (χ0) is 23.4. The van der Waals surface area contributed by atoms with Crippen molar-refractivity contribution in [2.75, 3.05) is 18.2 Å². The average molecular weight is 467 g/mol. The summed E-state index contributed by atoms with van der Waals surface area (Å²) in [6.07, 6.45) is 1.78. The number of nitrogens with one attached hydrogen (secondary N) is 1. The van der Waals surface area contributed by atoms with E-state index < -0.39 is 30.1 Å². The monoisotopic (exact) mass is 466 g/mol. The minimum atomic E-state index is -1.04. The minimum absolute atomic E-state index is 0.0863. The first-order valence-electron chi connectivity index (χ1n) is 10.8. The maximum absolute atomic E-state index is 13.0. The van der Waals surface area contributed by atoms with Crippen molar-refractivity contribution in [2.45, 2.75) is 30.8 Å². The quantitative estimate of drug-likeness (QED) is 0.574. The van der Waals surface area contributed by atoms with Gasteiger partial charge < -0.3 is 20.1 Å². The highest BCUT2D eigenvalue weighted by Gasteiger charge is 2.38. The van der Waals surface area contributed by atoms with Crippen LogP contribution in [0, 0.1) is 0 Å². The number of rotatable bonds is 8. The lowest BCUT2D eigenvalue weighted by molar-refractivity contribution is -0.148. The zero-order valence-corrected chi connectivity index (χ0v) is 18.9. The first kappa shape index (κ1) is 22.9. The molecule has 0 aromatic heterocycles. The van der Waals surface area contributed by atoms with Crippen molar-refractivity contribution in [1.29, 1.82) is 0 Å². The third kappa shape index (κ3) is 4.75. The summed E-state index contributed by atoms with van der Waals surface area (Å²) in [4.78, 5) is 38.5. The molecule has 2 N–H and O–H groups in total. The Bertz CT molecular complexity index is 1030. The van der Waals surface area contributed by atoms with Gasteiger partial charge in [-0.2, -0.15) is 0 Å². The van der Waals surface area contributed by atoms with Crippen LogP contribution < -0.4 is 5.32 Å². The maximum atomic E-state index is 13.0. The highest BCUT2D eigenvalue weighted by Crippen LogP contribution is 2.44. The Labute approximate surface area is 196 Å². The summed E-state index contributed by atoms with van der Waals surface area (Å²) in [7, 11) is 0. The van der Waals surface area contributed by atoms with Crippen molar-refractivity contribution in [2.24, 2.45) is 0 Å². The van der Waals surface area contributed by atoms with E-state index in [2.05, 4.69) is 24.0 Å². The Kier molecular flexibility index (Phi) is 7.03. The molecule has 33 heavy (non-hydrogen) atoms. The van der Waals surface area contributed by atoms with E-state index >= 15 is 0 Å². The highest BCUT2D eigenvalue weighted by atomic mass is 32.2. The fraction of sp³-hybridized carbons (Fsp3) is 0.320.